The SMILES string of the molecule is Clc1ccc(-c2oc(-c3ccc(Cl)cc3)c(Br)c2Br)cc1. The molecular weight excluding hydrogens is 439 g/mol. The van der Waals surface area contributed by atoms with Crippen LogP contribution in [0.1, 0.15) is 0 Å². The minimum Gasteiger partial charge on any atom is -0.454 e. The summed E-state index contributed by atoms with van der Waals surface area (Å²) in [4.78, 5) is 0. The van der Waals surface area contributed by atoms with Crippen molar-refractivity contribution < 1.29 is 4.42 Å². The highest BCUT2D eigenvalue weighted by Gasteiger charge is 2.19. The van der Waals surface area contributed by atoms with Crippen LogP contribution in [0, 0.1) is 0 Å². The lowest BCUT2D eigenvalue weighted by Gasteiger charge is -1.99. The number of benzene rings is 2. The Morgan fingerprint density at radius 3 is 1.29 bits per heavy atom. The molecule has 2 aromatic carbocycles. The zero-order valence-electron chi connectivity index (χ0n) is 10.5. The van der Waals surface area contributed by atoms with E-state index in [1.807, 2.05) is 48.5 Å². The predicted molar refractivity (Wildman–Crippen MR) is 95.0 cm³/mol. The summed E-state index contributed by atoms with van der Waals surface area (Å²) in [5.74, 6) is 1.51. The Bertz CT molecular complexity index is 711. The van der Waals surface area contributed by atoms with Gasteiger partial charge in [-0.25, -0.2) is 0 Å². The Morgan fingerprint density at radius 1 is 0.619 bits per heavy atom. The van der Waals surface area contributed by atoms with Crippen molar-refractivity contribution >= 4 is 55.1 Å². The van der Waals surface area contributed by atoms with Gasteiger partial charge in [-0.2, -0.15) is 0 Å². The maximum Gasteiger partial charge on any atom is 0.150 e. The first-order valence-corrected chi connectivity index (χ1v) is 8.40. The predicted octanol–water partition coefficient (Wildman–Crippen LogP) is 7.45. The molecule has 0 saturated carbocycles. The molecule has 0 aliphatic heterocycles. The molecule has 1 aromatic heterocycles. The van der Waals surface area contributed by atoms with Gasteiger partial charge in [-0.1, -0.05) is 23.2 Å². The molecule has 0 saturated heterocycles. The van der Waals surface area contributed by atoms with Crippen molar-refractivity contribution in [3.63, 3.8) is 0 Å². The molecule has 0 N–H and O–H groups in total. The van der Waals surface area contributed by atoms with Crippen molar-refractivity contribution in [2.24, 2.45) is 0 Å². The van der Waals surface area contributed by atoms with Crippen molar-refractivity contribution in [1.82, 2.24) is 0 Å². The van der Waals surface area contributed by atoms with Gasteiger partial charge >= 0.3 is 0 Å². The summed E-state index contributed by atoms with van der Waals surface area (Å²) in [6.45, 7) is 0. The normalized spacial score (nSPS) is 10.9. The minimum atomic E-state index is 0.693. The maximum atomic E-state index is 6.02. The highest BCUT2D eigenvalue weighted by molar-refractivity contribution is 9.13. The third kappa shape index (κ3) is 3.07. The molecular formula is C16H8Br2Cl2O. The van der Waals surface area contributed by atoms with Crippen molar-refractivity contribution in [2.45, 2.75) is 0 Å². The Hall–Kier alpha value is -0.740. The Balaban J connectivity index is 2.11. The van der Waals surface area contributed by atoms with Crippen LogP contribution in [0.25, 0.3) is 22.6 Å². The lowest BCUT2D eigenvalue weighted by Crippen LogP contribution is -1.74. The zero-order valence-corrected chi connectivity index (χ0v) is 15.2. The van der Waals surface area contributed by atoms with Crippen LogP contribution in [0.4, 0.5) is 0 Å². The van der Waals surface area contributed by atoms with Gasteiger partial charge in [0.1, 0.15) is 11.5 Å². The topological polar surface area (TPSA) is 13.1 Å². The fourth-order valence-electron chi connectivity index (χ4n) is 1.96. The molecule has 3 aromatic rings. The lowest BCUT2D eigenvalue weighted by molar-refractivity contribution is 0.595. The van der Waals surface area contributed by atoms with E-state index in [1.54, 1.807) is 0 Å². The first-order chi connectivity index (χ1) is 10.1. The van der Waals surface area contributed by atoms with E-state index in [-0.39, 0.29) is 0 Å². The zero-order chi connectivity index (χ0) is 15.0. The molecule has 5 heteroatoms. The van der Waals surface area contributed by atoms with Crippen LogP contribution in [-0.2, 0) is 0 Å². The van der Waals surface area contributed by atoms with E-state index >= 15 is 0 Å². The van der Waals surface area contributed by atoms with Gasteiger partial charge in [0.15, 0.2) is 0 Å². The van der Waals surface area contributed by atoms with Crippen LogP contribution < -0.4 is 0 Å². The highest BCUT2D eigenvalue weighted by atomic mass is 79.9. The maximum absolute atomic E-state index is 6.02. The van der Waals surface area contributed by atoms with Crippen LogP contribution in [0.5, 0.6) is 0 Å². The van der Waals surface area contributed by atoms with E-state index < -0.39 is 0 Å². The molecule has 0 atom stereocenters. The molecule has 3 rings (SSSR count). The quantitative estimate of drug-likeness (QED) is 0.398. The first kappa shape index (κ1) is 15.2. The van der Waals surface area contributed by atoms with Gasteiger partial charge in [0.25, 0.3) is 0 Å². The standard InChI is InChI=1S/C16H8Br2Cl2O/c17-13-14(18)16(10-3-7-12(20)8-4-10)21-15(13)9-1-5-11(19)6-2-9/h1-8H. The van der Waals surface area contributed by atoms with Crippen LogP contribution in [0.15, 0.2) is 61.9 Å². The summed E-state index contributed by atoms with van der Waals surface area (Å²) < 4.78 is 7.76. The smallest absolute Gasteiger partial charge is 0.150 e. The second-order valence-corrected chi connectivity index (χ2v) is 6.86. The summed E-state index contributed by atoms with van der Waals surface area (Å²) in [6, 6.07) is 15.0. The van der Waals surface area contributed by atoms with E-state index in [1.165, 1.54) is 0 Å². The van der Waals surface area contributed by atoms with Crippen molar-refractivity contribution in [2.75, 3.05) is 0 Å². The van der Waals surface area contributed by atoms with E-state index in [4.69, 9.17) is 27.6 Å². The molecule has 0 aliphatic carbocycles. The number of hydrogen-bond acceptors (Lipinski definition) is 1. The molecule has 106 valence electrons. The monoisotopic (exact) mass is 444 g/mol. The highest BCUT2D eigenvalue weighted by Crippen LogP contribution is 2.44. The minimum absolute atomic E-state index is 0.693. The summed E-state index contributed by atoms with van der Waals surface area (Å²) in [5.41, 5.74) is 1.90. The van der Waals surface area contributed by atoms with E-state index in [2.05, 4.69) is 31.9 Å². The second kappa shape index (κ2) is 6.17. The van der Waals surface area contributed by atoms with Gasteiger partial charge in [0.2, 0.25) is 0 Å². The molecule has 0 radical (unpaired) electrons. The molecule has 0 aliphatic rings. The molecule has 0 amide bonds. The molecule has 0 fully saturated rings. The van der Waals surface area contributed by atoms with Gasteiger partial charge < -0.3 is 4.42 Å². The largest absolute Gasteiger partial charge is 0.454 e. The number of hydrogen-bond donors (Lipinski definition) is 0. The number of halogens is 4. The third-order valence-corrected chi connectivity index (χ3v) is 5.56. The van der Waals surface area contributed by atoms with Gasteiger partial charge in [-0.05, 0) is 80.4 Å². The average Bonchev–Trinajstić information content (AvgIpc) is 2.78. The van der Waals surface area contributed by atoms with Crippen LogP contribution in [-0.4, -0.2) is 0 Å². The fourth-order valence-corrected chi connectivity index (χ4v) is 3.20. The Morgan fingerprint density at radius 2 is 0.952 bits per heavy atom. The third-order valence-electron chi connectivity index (χ3n) is 3.01. The molecule has 21 heavy (non-hydrogen) atoms. The lowest BCUT2D eigenvalue weighted by atomic mass is 10.1. The van der Waals surface area contributed by atoms with Crippen molar-refractivity contribution in [3.8, 4) is 22.6 Å². The Kier molecular flexibility index (Phi) is 4.46. The van der Waals surface area contributed by atoms with Gasteiger partial charge in [0.05, 0.1) is 8.95 Å². The van der Waals surface area contributed by atoms with Crippen LogP contribution >= 0.6 is 55.1 Å². The van der Waals surface area contributed by atoms with E-state index in [0.717, 1.165) is 31.6 Å². The summed E-state index contributed by atoms with van der Waals surface area (Å²) >= 11 is 19.0. The summed E-state index contributed by atoms with van der Waals surface area (Å²) in [6.07, 6.45) is 0. The fraction of sp³-hybridized carbons (Fsp3) is 0. The van der Waals surface area contributed by atoms with E-state index in [0.29, 0.717) is 10.0 Å². The van der Waals surface area contributed by atoms with Crippen LogP contribution in [0.3, 0.4) is 0 Å². The summed E-state index contributed by atoms with van der Waals surface area (Å²) in [5, 5.41) is 1.39. The molecule has 1 heterocycles. The van der Waals surface area contributed by atoms with Gasteiger partial charge in [-0.15, -0.1) is 0 Å². The number of rotatable bonds is 2. The number of furan rings is 1. The van der Waals surface area contributed by atoms with Crippen molar-refractivity contribution in [1.29, 1.82) is 0 Å². The first-order valence-electron chi connectivity index (χ1n) is 6.06. The van der Waals surface area contributed by atoms with Gasteiger partial charge in [-0.3, -0.25) is 0 Å². The second-order valence-electron chi connectivity index (χ2n) is 4.40. The average molecular weight is 447 g/mol. The van der Waals surface area contributed by atoms with Crippen molar-refractivity contribution in [3.05, 3.63) is 67.5 Å². The molecule has 0 bridgehead atoms. The van der Waals surface area contributed by atoms with Crippen LogP contribution in [0.2, 0.25) is 10.0 Å². The van der Waals surface area contributed by atoms with E-state index in [9.17, 15) is 0 Å². The molecule has 0 unspecified atom stereocenters. The van der Waals surface area contributed by atoms with Gasteiger partial charge in [0, 0.05) is 21.2 Å². The molecule has 1 nitrogen and oxygen atoms in total. The summed E-state index contributed by atoms with van der Waals surface area (Å²) in [7, 11) is 0. The molecule has 0 spiro atoms. The Labute approximate surface area is 149 Å².